The lowest BCUT2D eigenvalue weighted by atomic mass is 10.1. The molecule has 0 aliphatic heterocycles. The van der Waals surface area contributed by atoms with Crippen LogP contribution in [0.1, 0.15) is 23.2 Å². The number of fused-ring (bicyclic) bond motifs is 1. The molecule has 0 spiro atoms. The van der Waals surface area contributed by atoms with Gasteiger partial charge in [0.1, 0.15) is 22.3 Å². The zero-order valence-electron chi connectivity index (χ0n) is 12.0. The molecule has 0 bridgehead atoms. The fourth-order valence-corrected chi connectivity index (χ4v) is 3.20. The molecular formula is C16H16FN3S. The highest BCUT2D eigenvalue weighted by Crippen LogP contribution is 2.28. The van der Waals surface area contributed by atoms with Crippen molar-refractivity contribution in [1.29, 1.82) is 0 Å². The lowest BCUT2D eigenvalue weighted by Crippen LogP contribution is -2.04. The summed E-state index contributed by atoms with van der Waals surface area (Å²) < 4.78 is 13.3. The number of rotatable bonds is 4. The second-order valence-corrected chi connectivity index (χ2v) is 6.14. The quantitative estimate of drug-likeness (QED) is 0.786. The van der Waals surface area contributed by atoms with Gasteiger partial charge in [-0.3, -0.25) is 0 Å². The average molecular weight is 301 g/mol. The number of benzene rings is 1. The summed E-state index contributed by atoms with van der Waals surface area (Å²) in [5.41, 5.74) is 0.880. The predicted octanol–water partition coefficient (Wildman–Crippen LogP) is 4.16. The van der Waals surface area contributed by atoms with Gasteiger partial charge in [0.25, 0.3) is 0 Å². The molecule has 0 aliphatic carbocycles. The molecule has 0 radical (unpaired) electrons. The van der Waals surface area contributed by atoms with Crippen molar-refractivity contribution < 1.29 is 4.39 Å². The lowest BCUT2D eigenvalue weighted by molar-refractivity contribution is 0.626. The van der Waals surface area contributed by atoms with E-state index in [9.17, 15) is 4.39 Å². The van der Waals surface area contributed by atoms with Gasteiger partial charge in [-0.05, 0) is 37.6 Å². The second-order valence-electron chi connectivity index (χ2n) is 4.90. The first-order valence-electron chi connectivity index (χ1n) is 6.91. The van der Waals surface area contributed by atoms with Gasteiger partial charge < -0.3 is 5.32 Å². The molecule has 3 aromatic rings. The fraction of sp³-hybridized carbons (Fsp3) is 0.250. The van der Waals surface area contributed by atoms with E-state index in [1.54, 1.807) is 17.4 Å². The predicted molar refractivity (Wildman–Crippen MR) is 85.5 cm³/mol. The minimum Gasteiger partial charge on any atom is -0.370 e. The first kappa shape index (κ1) is 13.9. The van der Waals surface area contributed by atoms with Crippen LogP contribution in [0.4, 0.5) is 10.2 Å². The Morgan fingerprint density at radius 2 is 2.10 bits per heavy atom. The molecule has 0 saturated carbocycles. The number of hydrogen-bond donors (Lipinski definition) is 1. The Bertz CT molecular complexity index is 782. The maximum Gasteiger partial charge on any atom is 0.138 e. The van der Waals surface area contributed by atoms with E-state index < -0.39 is 0 Å². The Kier molecular flexibility index (Phi) is 3.84. The summed E-state index contributed by atoms with van der Waals surface area (Å²) in [4.78, 5) is 11.4. The van der Waals surface area contributed by atoms with Crippen molar-refractivity contribution in [2.45, 2.75) is 20.3 Å². The van der Waals surface area contributed by atoms with E-state index in [1.807, 2.05) is 13.0 Å². The van der Waals surface area contributed by atoms with Crippen molar-refractivity contribution in [1.82, 2.24) is 9.97 Å². The molecule has 2 heterocycles. The number of thiophene rings is 1. The fourth-order valence-electron chi connectivity index (χ4n) is 2.30. The zero-order chi connectivity index (χ0) is 14.8. The summed E-state index contributed by atoms with van der Waals surface area (Å²) in [6.45, 7) is 4.91. The first-order valence-corrected chi connectivity index (χ1v) is 7.72. The largest absolute Gasteiger partial charge is 0.370 e. The van der Waals surface area contributed by atoms with E-state index in [-0.39, 0.29) is 5.82 Å². The topological polar surface area (TPSA) is 37.8 Å². The first-order chi connectivity index (χ1) is 10.2. The van der Waals surface area contributed by atoms with Crippen LogP contribution in [-0.4, -0.2) is 16.5 Å². The van der Waals surface area contributed by atoms with Crippen molar-refractivity contribution in [3.8, 4) is 0 Å². The van der Waals surface area contributed by atoms with E-state index >= 15 is 0 Å². The highest BCUT2D eigenvalue weighted by Gasteiger charge is 2.10. The van der Waals surface area contributed by atoms with Crippen LogP contribution < -0.4 is 5.32 Å². The summed E-state index contributed by atoms with van der Waals surface area (Å²) in [7, 11) is 0. The minimum absolute atomic E-state index is 0.229. The summed E-state index contributed by atoms with van der Waals surface area (Å²) >= 11 is 1.65. The summed E-state index contributed by atoms with van der Waals surface area (Å²) in [6, 6.07) is 8.68. The van der Waals surface area contributed by atoms with Crippen molar-refractivity contribution in [3.05, 3.63) is 52.4 Å². The van der Waals surface area contributed by atoms with Crippen molar-refractivity contribution >= 4 is 27.4 Å². The van der Waals surface area contributed by atoms with Crippen LogP contribution in [0.3, 0.4) is 0 Å². The number of anilines is 1. The van der Waals surface area contributed by atoms with Crippen molar-refractivity contribution in [2.75, 3.05) is 11.9 Å². The molecule has 0 fully saturated rings. The summed E-state index contributed by atoms with van der Waals surface area (Å²) in [6.07, 6.45) is 0.531. The Morgan fingerprint density at radius 1 is 1.24 bits per heavy atom. The Hall–Kier alpha value is -2.01. The van der Waals surface area contributed by atoms with Gasteiger partial charge in [-0.1, -0.05) is 12.1 Å². The Labute approximate surface area is 126 Å². The third-order valence-electron chi connectivity index (χ3n) is 3.16. The van der Waals surface area contributed by atoms with Crippen LogP contribution in [0, 0.1) is 12.7 Å². The minimum atomic E-state index is -0.229. The standard InChI is InChI=1S/C16H16FN3S/c1-3-18-15-13-7-10(2)21-16(13)20-14(19-15)9-11-5-4-6-12(17)8-11/h4-8H,3,9H2,1-2H3,(H,18,19,20). The van der Waals surface area contributed by atoms with Gasteiger partial charge in [0.15, 0.2) is 0 Å². The van der Waals surface area contributed by atoms with Crippen molar-refractivity contribution in [2.24, 2.45) is 0 Å². The van der Waals surface area contributed by atoms with Gasteiger partial charge in [0.05, 0.1) is 5.39 Å². The van der Waals surface area contributed by atoms with E-state index in [1.165, 1.54) is 17.0 Å². The number of aryl methyl sites for hydroxylation is 1. The Morgan fingerprint density at radius 3 is 2.86 bits per heavy atom. The number of halogens is 1. The van der Waals surface area contributed by atoms with E-state index in [2.05, 4.69) is 28.3 Å². The van der Waals surface area contributed by atoms with Crippen molar-refractivity contribution in [3.63, 3.8) is 0 Å². The molecule has 0 unspecified atom stereocenters. The second kappa shape index (κ2) is 5.77. The number of hydrogen-bond acceptors (Lipinski definition) is 4. The van der Waals surface area contributed by atoms with Crippen LogP contribution in [0.2, 0.25) is 0 Å². The number of aromatic nitrogens is 2. The lowest BCUT2D eigenvalue weighted by Gasteiger charge is -2.07. The molecule has 21 heavy (non-hydrogen) atoms. The van der Waals surface area contributed by atoms with Crippen LogP contribution in [-0.2, 0) is 6.42 Å². The molecule has 0 atom stereocenters. The molecule has 5 heteroatoms. The molecule has 3 rings (SSSR count). The monoisotopic (exact) mass is 301 g/mol. The van der Waals surface area contributed by atoms with Gasteiger partial charge >= 0.3 is 0 Å². The SMILES string of the molecule is CCNc1nc(Cc2cccc(F)c2)nc2sc(C)cc12. The summed E-state index contributed by atoms with van der Waals surface area (Å²) in [5, 5.41) is 4.34. The van der Waals surface area contributed by atoms with Crippen LogP contribution in [0.5, 0.6) is 0 Å². The third kappa shape index (κ3) is 3.03. The highest BCUT2D eigenvalue weighted by atomic mass is 32.1. The molecule has 1 aromatic carbocycles. The molecule has 2 aromatic heterocycles. The van der Waals surface area contributed by atoms with Gasteiger partial charge in [-0.15, -0.1) is 11.3 Å². The maximum atomic E-state index is 13.3. The maximum absolute atomic E-state index is 13.3. The van der Waals surface area contributed by atoms with E-state index in [0.29, 0.717) is 12.2 Å². The molecule has 0 saturated heterocycles. The smallest absolute Gasteiger partial charge is 0.138 e. The van der Waals surface area contributed by atoms with E-state index in [0.717, 1.165) is 28.1 Å². The van der Waals surface area contributed by atoms with Crippen LogP contribution >= 0.6 is 11.3 Å². The van der Waals surface area contributed by atoms with Gasteiger partial charge in [0, 0.05) is 17.8 Å². The molecule has 0 aliphatic rings. The molecule has 3 nitrogen and oxygen atoms in total. The normalized spacial score (nSPS) is 11.0. The zero-order valence-corrected chi connectivity index (χ0v) is 12.8. The highest BCUT2D eigenvalue weighted by molar-refractivity contribution is 7.18. The van der Waals surface area contributed by atoms with Gasteiger partial charge in [-0.25, -0.2) is 14.4 Å². The molecule has 0 amide bonds. The third-order valence-corrected chi connectivity index (χ3v) is 4.10. The van der Waals surface area contributed by atoms with E-state index in [4.69, 9.17) is 0 Å². The summed E-state index contributed by atoms with van der Waals surface area (Å²) in [5.74, 6) is 1.34. The molecule has 1 N–H and O–H groups in total. The van der Waals surface area contributed by atoms with Crippen LogP contribution in [0.25, 0.3) is 10.2 Å². The molecular weight excluding hydrogens is 285 g/mol. The van der Waals surface area contributed by atoms with Crippen LogP contribution in [0.15, 0.2) is 30.3 Å². The molecule has 108 valence electrons. The van der Waals surface area contributed by atoms with Gasteiger partial charge in [0.2, 0.25) is 0 Å². The van der Waals surface area contributed by atoms with Gasteiger partial charge in [-0.2, -0.15) is 0 Å². The number of nitrogens with zero attached hydrogens (tertiary/aromatic N) is 2. The Balaban J connectivity index is 2.02. The average Bonchev–Trinajstić information content (AvgIpc) is 2.80. The number of nitrogens with one attached hydrogen (secondary N) is 1.